The molecule has 6 heteroatoms. The van der Waals surface area contributed by atoms with E-state index in [1.54, 1.807) is 12.1 Å². The Morgan fingerprint density at radius 1 is 0.783 bits per heavy atom. The van der Waals surface area contributed by atoms with Gasteiger partial charge in [0.1, 0.15) is 28.6 Å². The molecule has 2 N–H and O–H groups in total. The van der Waals surface area contributed by atoms with E-state index < -0.39 is 17.5 Å². The number of ether oxygens (including phenoxy) is 1. The van der Waals surface area contributed by atoms with Crippen molar-refractivity contribution in [3.63, 3.8) is 0 Å². The van der Waals surface area contributed by atoms with Gasteiger partial charge >= 0.3 is 6.18 Å². The van der Waals surface area contributed by atoms with Crippen LogP contribution in [0.15, 0.2) is 36.4 Å². The van der Waals surface area contributed by atoms with Crippen molar-refractivity contribution in [2.45, 2.75) is 32.4 Å². The van der Waals surface area contributed by atoms with Gasteiger partial charge in [-0.25, -0.2) is 0 Å². The van der Waals surface area contributed by atoms with Gasteiger partial charge < -0.3 is 14.9 Å². The zero-order valence-corrected chi connectivity index (χ0v) is 12.9. The summed E-state index contributed by atoms with van der Waals surface area (Å²) in [6, 6.07) is 7.43. The van der Waals surface area contributed by atoms with Gasteiger partial charge in [0, 0.05) is 6.07 Å². The lowest BCUT2D eigenvalue weighted by molar-refractivity contribution is -0.138. The summed E-state index contributed by atoms with van der Waals surface area (Å²) in [5, 5.41) is 19.3. The second-order valence-electron chi connectivity index (χ2n) is 6.21. The first-order chi connectivity index (χ1) is 10.5. The van der Waals surface area contributed by atoms with E-state index in [1.165, 1.54) is 12.1 Å². The molecule has 2 aromatic rings. The summed E-state index contributed by atoms with van der Waals surface area (Å²) in [7, 11) is 0. The van der Waals surface area contributed by atoms with Crippen LogP contribution in [0.5, 0.6) is 23.0 Å². The molecule has 0 radical (unpaired) electrons. The van der Waals surface area contributed by atoms with Crippen LogP contribution in [-0.4, -0.2) is 10.2 Å². The highest BCUT2D eigenvalue weighted by atomic mass is 19.4. The molecule has 23 heavy (non-hydrogen) atoms. The summed E-state index contributed by atoms with van der Waals surface area (Å²) >= 11 is 0. The van der Waals surface area contributed by atoms with Gasteiger partial charge in [0.15, 0.2) is 0 Å². The average Bonchev–Trinajstić information content (AvgIpc) is 2.38. The first-order valence-electron chi connectivity index (χ1n) is 6.90. The van der Waals surface area contributed by atoms with E-state index in [0.29, 0.717) is 11.6 Å². The number of hydrogen-bond acceptors (Lipinski definition) is 3. The lowest BCUT2D eigenvalue weighted by Gasteiger charge is -2.20. The fraction of sp³-hybridized carbons (Fsp3) is 0.294. The molecule has 0 saturated heterocycles. The Bertz CT molecular complexity index is 716. The standard InChI is InChI=1S/C17H17F3O3/c1-16(2,3)12-6-4-11(9-15(12)22)23-10-5-7-14(21)13(8-10)17(18,19)20/h4-9,21-22H,1-3H3. The van der Waals surface area contributed by atoms with Crippen LogP contribution in [0.4, 0.5) is 13.2 Å². The Hall–Kier alpha value is -2.37. The summed E-state index contributed by atoms with van der Waals surface area (Å²) < 4.78 is 43.6. The Balaban J connectivity index is 2.32. The Morgan fingerprint density at radius 3 is 1.87 bits per heavy atom. The molecule has 0 unspecified atom stereocenters. The predicted octanol–water partition coefficient (Wildman–Crippen LogP) is 5.21. The molecular weight excluding hydrogens is 309 g/mol. The maximum atomic E-state index is 12.8. The molecule has 0 amide bonds. The number of benzene rings is 2. The number of phenols is 2. The molecule has 0 heterocycles. The van der Waals surface area contributed by atoms with E-state index in [4.69, 9.17) is 4.74 Å². The summed E-state index contributed by atoms with van der Waals surface area (Å²) in [4.78, 5) is 0. The third-order valence-electron chi connectivity index (χ3n) is 3.29. The van der Waals surface area contributed by atoms with Gasteiger partial charge in [0.2, 0.25) is 0 Å². The van der Waals surface area contributed by atoms with E-state index in [-0.39, 0.29) is 22.7 Å². The molecule has 124 valence electrons. The molecule has 0 aliphatic carbocycles. The molecule has 2 rings (SSSR count). The van der Waals surface area contributed by atoms with Crippen molar-refractivity contribution in [2.75, 3.05) is 0 Å². The zero-order valence-electron chi connectivity index (χ0n) is 12.9. The lowest BCUT2D eigenvalue weighted by atomic mass is 9.86. The van der Waals surface area contributed by atoms with E-state index >= 15 is 0 Å². The molecule has 0 aliphatic rings. The van der Waals surface area contributed by atoms with Crippen molar-refractivity contribution in [1.82, 2.24) is 0 Å². The fourth-order valence-corrected chi connectivity index (χ4v) is 2.15. The first kappa shape index (κ1) is 17.0. The topological polar surface area (TPSA) is 49.7 Å². The van der Waals surface area contributed by atoms with Gasteiger partial charge in [-0.15, -0.1) is 0 Å². The van der Waals surface area contributed by atoms with Crippen LogP contribution in [0.25, 0.3) is 0 Å². The van der Waals surface area contributed by atoms with Crippen LogP contribution in [0.1, 0.15) is 31.9 Å². The second kappa shape index (κ2) is 5.68. The molecule has 0 fully saturated rings. The van der Waals surface area contributed by atoms with Gasteiger partial charge in [0.25, 0.3) is 0 Å². The molecule has 0 spiro atoms. The highest BCUT2D eigenvalue weighted by molar-refractivity contribution is 5.46. The van der Waals surface area contributed by atoms with Gasteiger partial charge in [0.05, 0.1) is 0 Å². The molecule has 0 aromatic heterocycles. The minimum atomic E-state index is -4.68. The molecule has 0 atom stereocenters. The van der Waals surface area contributed by atoms with E-state index in [9.17, 15) is 23.4 Å². The maximum absolute atomic E-state index is 12.8. The monoisotopic (exact) mass is 326 g/mol. The van der Waals surface area contributed by atoms with Crippen LogP contribution in [0.2, 0.25) is 0 Å². The van der Waals surface area contributed by atoms with Crippen LogP contribution in [0.3, 0.4) is 0 Å². The number of hydrogen-bond donors (Lipinski definition) is 2. The van der Waals surface area contributed by atoms with E-state index in [0.717, 1.165) is 6.07 Å². The summed E-state index contributed by atoms with van der Waals surface area (Å²) in [5.41, 5.74) is -0.748. The van der Waals surface area contributed by atoms with Gasteiger partial charge in [-0.05, 0) is 35.2 Å². The predicted molar refractivity (Wildman–Crippen MR) is 80.0 cm³/mol. The van der Waals surface area contributed by atoms with Gasteiger partial charge in [-0.3, -0.25) is 0 Å². The Kier molecular flexibility index (Phi) is 4.20. The van der Waals surface area contributed by atoms with Crippen molar-refractivity contribution in [3.8, 4) is 23.0 Å². The van der Waals surface area contributed by atoms with Crippen LogP contribution >= 0.6 is 0 Å². The van der Waals surface area contributed by atoms with Crippen LogP contribution in [0, 0.1) is 0 Å². The van der Waals surface area contributed by atoms with Crippen LogP contribution < -0.4 is 4.74 Å². The number of aromatic hydroxyl groups is 2. The fourth-order valence-electron chi connectivity index (χ4n) is 2.15. The van der Waals surface area contributed by atoms with Crippen molar-refractivity contribution in [3.05, 3.63) is 47.5 Å². The molecular formula is C17H17F3O3. The second-order valence-corrected chi connectivity index (χ2v) is 6.21. The van der Waals surface area contributed by atoms with E-state index in [2.05, 4.69) is 0 Å². The number of halogens is 3. The average molecular weight is 326 g/mol. The highest BCUT2D eigenvalue weighted by Gasteiger charge is 2.34. The largest absolute Gasteiger partial charge is 0.508 e. The van der Waals surface area contributed by atoms with E-state index in [1.807, 2.05) is 20.8 Å². The Morgan fingerprint density at radius 2 is 1.35 bits per heavy atom. The van der Waals surface area contributed by atoms with Gasteiger partial charge in [-0.1, -0.05) is 26.8 Å². The first-order valence-corrected chi connectivity index (χ1v) is 6.90. The summed E-state index contributed by atoms with van der Waals surface area (Å²) in [6.07, 6.45) is -4.68. The zero-order chi connectivity index (χ0) is 17.4. The minimum absolute atomic E-state index is 0.00447. The third kappa shape index (κ3) is 3.88. The van der Waals surface area contributed by atoms with Crippen molar-refractivity contribution in [1.29, 1.82) is 0 Å². The molecule has 3 nitrogen and oxygen atoms in total. The van der Waals surface area contributed by atoms with Crippen molar-refractivity contribution >= 4 is 0 Å². The van der Waals surface area contributed by atoms with Crippen molar-refractivity contribution in [2.24, 2.45) is 0 Å². The maximum Gasteiger partial charge on any atom is 0.420 e. The SMILES string of the molecule is CC(C)(C)c1ccc(Oc2ccc(O)c(C(F)(F)F)c2)cc1O. The summed E-state index contributed by atoms with van der Waals surface area (Å²) in [6.45, 7) is 5.79. The molecule has 2 aromatic carbocycles. The van der Waals surface area contributed by atoms with Crippen LogP contribution in [-0.2, 0) is 11.6 Å². The molecule has 0 aliphatic heterocycles. The Labute approximate surface area is 132 Å². The van der Waals surface area contributed by atoms with Gasteiger partial charge in [-0.2, -0.15) is 13.2 Å². The van der Waals surface area contributed by atoms with Crippen molar-refractivity contribution < 1.29 is 28.1 Å². The minimum Gasteiger partial charge on any atom is -0.508 e. The quantitative estimate of drug-likeness (QED) is 0.797. The number of phenolic OH excluding ortho intramolecular Hbond substituents is 2. The number of rotatable bonds is 2. The highest BCUT2D eigenvalue weighted by Crippen LogP contribution is 2.39. The molecule has 0 bridgehead atoms. The number of alkyl halides is 3. The lowest BCUT2D eigenvalue weighted by Crippen LogP contribution is -2.11. The molecule has 0 saturated carbocycles. The third-order valence-corrected chi connectivity index (χ3v) is 3.29. The normalized spacial score (nSPS) is 12.3. The smallest absolute Gasteiger partial charge is 0.420 e. The summed E-state index contributed by atoms with van der Waals surface area (Å²) in [5.74, 6) is -0.743.